The van der Waals surface area contributed by atoms with Crippen LogP contribution in [0.5, 0.6) is 5.75 Å². The zero-order valence-corrected chi connectivity index (χ0v) is 22.6. The number of unbranched alkanes of at least 4 members (excludes halogenated alkanes) is 1. The summed E-state index contributed by atoms with van der Waals surface area (Å²) in [6, 6.07) is 15.7. The Kier molecular flexibility index (Phi) is 9.77. The third-order valence-electron chi connectivity index (χ3n) is 7.13. The van der Waals surface area contributed by atoms with E-state index in [9.17, 15) is 19.5 Å². The molecule has 212 valence electrons. The lowest BCUT2D eigenvalue weighted by Gasteiger charge is -2.23. The van der Waals surface area contributed by atoms with Gasteiger partial charge in [-0.05, 0) is 49.3 Å². The monoisotopic (exact) mass is 548 g/mol. The number of aromatic hydroxyl groups is 1. The van der Waals surface area contributed by atoms with Gasteiger partial charge in [0.15, 0.2) is 11.6 Å². The van der Waals surface area contributed by atoms with Crippen molar-refractivity contribution in [1.29, 1.82) is 0 Å². The minimum Gasteiger partial charge on any atom is -0.507 e. The maximum atomic E-state index is 13.0. The summed E-state index contributed by atoms with van der Waals surface area (Å²) >= 11 is 0. The highest BCUT2D eigenvalue weighted by Gasteiger charge is 2.39. The van der Waals surface area contributed by atoms with E-state index in [0.29, 0.717) is 50.6 Å². The van der Waals surface area contributed by atoms with Crippen molar-refractivity contribution in [2.45, 2.75) is 57.4 Å². The number of hydrogen-bond acceptors (Lipinski definition) is 6. The van der Waals surface area contributed by atoms with Crippen molar-refractivity contribution >= 4 is 17.9 Å². The Morgan fingerprint density at radius 1 is 1.05 bits per heavy atom. The van der Waals surface area contributed by atoms with Crippen LogP contribution in [0.2, 0.25) is 0 Å². The fourth-order valence-electron chi connectivity index (χ4n) is 4.72. The first-order valence-corrected chi connectivity index (χ1v) is 13.6. The molecule has 3 aromatic rings. The molecule has 0 bridgehead atoms. The van der Waals surface area contributed by atoms with E-state index in [1.165, 1.54) is 11.8 Å². The Morgan fingerprint density at radius 2 is 1.82 bits per heavy atom. The van der Waals surface area contributed by atoms with Crippen LogP contribution in [0.1, 0.15) is 64.7 Å². The standard InChI is InChI=1S/C30H36N4O6/c1-20-8-7-11-22(28(20)36)13-16-34(27(35)12-5-6-15-31-30(38)39)17-14-26-32-25(19-40-26)29(37)33-24-18-23(24)21-9-3-2-4-10-21/h2-4,7-11,19,23-24,31,36H,5-6,12-18H2,1H3,(H,33,37)(H,38,39)/t23-,24?/m1/s1. The molecule has 4 rings (SSSR count). The van der Waals surface area contributed by atoms with Crippen LogP contribution in [0.15, 0.2) is 59.2 Å². The molecule has 10 heteroatoms. The number of para-hydroxylation sites is 1. The number of benzene rings is 2. The lowest BCUT2D eigenvalue weighted by Crippen LogP contribution is -2.35. The normalized spacial score (nSPS) is 15.8. The van der Waals surface area contributed by atoms with Crippen molar-refractivity contribution in [2.24, 2.45) is 0 Å². The first-order valence-electron chi connectivity index (χ1n) is 13.6. The molecule has 1 aromatic heterocycles. The first kappa shape index (κ1) is 28.7. The van der Waals surface area contributed by atoms with Crippen LogP contribution in [0.3, 0.4) is 0 Å². The Morgan fingerprint density at radius 3 is 2.60 bits per heavy atom. The Hall–Kier alpha value is -4.34. The molecule has 3 amide bonds. The Labute approximate surface area is 233 Å². The van der Waals surface area contributed by atoms with Gasteiger partial charge in [-0.15, -0.1) is 0 Å². The van der Waals surface area contributed by atoms with Gasteiger partial charge in [-0.3, -0.25) is 9.59 Å². The van der Waals surface area contributed by atoms with E-state index in [-0.39, 0.29) is 42.3 Å². The fourth-order valence-corrected chi connectivity index (χ4v) is 4.72. The highest BCUT2D eigenvalue weighted by Crippen LogP contribution is 2.40. The van der Waals surface area contributed by atoms with Crippen molar-refractivity contribution < 1.29 is 29.0 Å². The summed E-state index contributed by atoms with van der Waals surface area (Å²) in [5.74, 6) is 0.540. The molecule has 1 aliphatic rings. The summed E-state index contributed by atoms with van der Waals surface area (Å²) in [6.07, 6.45) is 3.31. The Balaban J connectivity index is 1.31. The van der Waals surface area contributed by atoms with Gasteiger partial charge in [-0.2, -0.15) is 0 Å². The summed E-state index contributed by atoms with van der Waals surface area (Å²) < 4.78 is 5.55. The third kappa shape index (κ3) is 8.08. The summed E-state index contributed by atoms with van der Waals surface area (Å²) in [7, 11) is 0. The zero-order chi connectivity index (χ0) is 28.5. The Bertz CT molecular complexity index is 1310. The number of carbonyl (C=O) groups excluding carboxylic acids is 2. The molecule has 1 aliphatic carbocycles. The van der Waals surface area contributed by atoms with Gasteiger partial charge in [-0.1, -0.05) is 48.5 Å². The molecule has 0 radical (unpaired) electrons. The van der Waals surface area contributed by atoms with Crippen LogP contribution >= 0.6 is 0 Å². The smallest absolute Gasteiger partial charge is 0.404 e. The van der Waals surface area contributed by atoms with Crippen molar-refractivity contribution in [3.63, 3.8) is 0 Å². The first-order chi connectivity index (χ1) is 19.3. The SMILES string of the molecule is Cc1cccc(CCN(CCc2nc(C(=O)NC3C[C@@H]3c3ccccc3)co2)C(=O)CCCCNC(=O)O)c1O. The van der Waals surface area contributed by atoms with E-state index < -0.39 is 6.09 Å². The lowest BCUT2D eigenvalue weighted by molar-refractivity contribution is -0.131. The van der Waals surface area contributed by atoms with Gasteiger partial charge in [-0.25, -0.2) is 9.78 Å². The van der Waals surface area contributed by atoms with E-state index in [2.05, 4.69) is 27.8 Å². The predicted octanol–water partition coefficient (Wildman–Crippen LogP) is 4.03. The molecule has 0 aliphatic heterocycles. The van der Waals surface area contributed by atoms with Crippen LogP contribution < -0.4 is 10.6 Å². The molecular weight excluding hydrogens is 512 g/mol. The predicted molar refractivity (Wildman–Crippen MR) is 148 cm³/mol. The number of rotatable bonds is 14. The number of hydrogen-bond donors (Lipinski definition) is 4. The molecular formula is C30H36N4O6. The summed E-state index contributed by atoms with van der Waals surface area (Å²) in [5.41, 5.74) is 2.94. The van der Waals surface area contributed by atoms with Crippen LogP contribution in [0, 0.1) is 6.92 Å². The van der Waals surface area contributed by atoms with E-state index in [4.69, 9.17) is 9.52 Å². The van der Waals surface area contributed by atoms with Gasteiger partial charge in [0.25, 0.3) is 5.91 Å². The molecule has 2 atom stereocenters. The molecule has 1 saturated carbocycles. The zero-order valence-electron chi connectivity index (χ0n) is 22.6. The van der Waals surface area contributed by atoms with E-state index in [1.54, 1.807) is 4.90 Å². The average Bonchev–Trinajstić information content (AvgIpc) is 3.54. The number of oxazole rings is 1. The highest BCUT2D eigenvalue weighted by atomic mass is 16.4. The van der Waals surface area contributed by atoms with Crippen LogP contribution in [-0.4, -0.2) is 63.7 Å². The van der Waals surface area contributed by atoms with E-state index >= 15 is 0 Å². The summed E-state index contributed by atoms with van der Waals surface area (Å²) in [5, 5.41) is 24.4. The molecule has 40 heavy (non-hydrogen) atoms. The highest BCUT2D eigenvalue weighted by molar-refractivity contribution is 5.92. The molecule has 1 heterocycles. The molecule has 1 unspecified atom stereocenters. The van der Waals surface area contributed by atoms with Gasteiger partial charge in [0.1, 0.15) is 12.0 Å². The summed E-state index contributed by atoms with van der Waals surface area (Å²) in [4.78, 5) is 42.4. The second kappa shape index (κ2) is 13.6. The van der Waals surface area contributed by atoms with Gasteiger partial charge < -0.3 is 30.2 Å². The van der Waals surface area contributed by atoms with Crippen molar-refractivity contribution in [2.75, 3.05) is 19.6 Å². The average molecular weight is 549 g/mol. The number of aromatic nitrogens is 1. The second-order valence-corrected chi connectivity index (χ2v) is 10.1. The maximum absolute atomic E-state index is 13.0. The maximum Gasteiger partial charge on any atom is 0.404 e. The number of nitrogens with one attached hydrogen (secondary N) is 2. The summed E-state index contributed by atoms with van der Waals surface area (Å²) in [6.45, 7) is 2.83. The molecule has 10 nitrogen and oxygen atoms in total. The molecule has 1 fully saturated rings. The van der Waals surface area contributed by atoms with Crippen LogP contribution in [0.25, 0.3) is 0 Å². The fraction of sp³-hybridized carbons (Fsp3) is 0.400. The van der Waals surface area contributed by atoms with Gasteiger partial charge >= 0.3 is 6.09 Å². The van der Waals surface area contributed by atoms with Crippen molar-refractivity contribution in [3.8, 4) is 5.75 Å². The van der Waals surface area contributed by atoms with E-state index in [1.807, 2.05) is 43.3 Å². The number of nitrogens with zero attached hydrogens (tertiary/aromatic N) is 2. The van der Waals surface area contributed by atoms with E-state index in [0.717, 1.165) is 17.5 Å². The largest absolute Gasteiger partial charge is 0.507 e. The van der Waals surface area contributed by atoms with Crippen molar-refractivity contribution in [3.05, 3.63) is 83.1 Å². The third-order valence-corrected chi connectivity index (χ3v) is 7.13. The number of aryl methyl sites for hydroxylation is 1. The lowest BCUT2D eigenvalue weighted by atomic mass is 10.1. The quantitative estimate of drug-likeness (QED) is 0.223. The van der Waals surface area contributed by atoms with Gasteiger partial charge in [0.2, 0.25) is 5.91 Å². The topological polar surface area (TPSA) is 145 Å². The molecule has 4 N–H and O–H groups in total. The number of amides is 3. The minimum atomic E-state index is -1.09. The minimum absolute atomic E-state index is 0.0758. The number of phenols is 1. The number of carbonyl (C=O) groups is 3. The van der Waals surface area contributed by atoms with Crippen molar-refractivity contribution in [1.82, 2.24) is 20.5 Å². The number of carboxylic acid groups (broad SMARTS) is 1. The number of phenolic OH excluding ortho intramolecular Hbond substituents is 1. The van der Waals surface area contributed by atoms with Crippen LogP contribution in [-0.2, 0) is 17.6 Å². The molecule has 2 aromatic carbocycles. The second-order valence-electron chi connectivity index (χ2n) is 10.1. The molecule has 0 spiro atoms. The molecule has 0 saturated heterocycles. The van der Waals surface area contributed by atoms with Crippen LogP contribution in [0.4, 0.5) is 4.79 Å². The van der Waals surface area contributed by atoms with Gasteiger partial charge in [0, 0.05) is 44.4 Å². The van der Waals surface area contributed by atoms with Gasteiger partial charge in [0.05, 0.1) is 0 Å².